The number of alkyl halides is 3. The first-order chi connectivity index (χ1) is 6.65. The van der Waals surface area contributed by atoms with E-state index in [0.717, 1.165) is 11.1 Å². The van der Waals surface area contributed by atoms with Gasteiger partial charge in [-0.2, -0.15) is 0 Å². The van der Waals surface area contributed by atoms with Crippen LogP contribution in [0.15, 0.2) is 24.3 Å². The van der Waals surface area contributed by atoms with E-state index in [4.69, 9.17) is 16.3 Å². The summed E-state index contributed by atoms with van der Waals surface area (Å²) in [5.74, 6) is 0. The van der Waals surface area contributed by atoms with Crippen molar-refractivity contribution in [2.24, 2.45) is 0 Å². The zero-order chi connectivity index (χ0) is 10.6. The van der Waals surface area contributed by atoms with Crippen LogP contribution in [0.5, 0.6) is 0 Å². The van der Waals surface area contributed by atoms with Gasteiger partial charge < -0.3 is 4.74 Å². The van der Waals surface area contributed by atoms with E-state index in [9.17, 15) is 0 Å². The Morgan fingerprint density at radius 1 is 1.21 bits per heavy atom. The van der Waals surface area contributed by atoms with E-state index < -0.39 is 0 Å². The fourth-order valence-corrected chi connectivity index (χ4v) is 1.92. The summed E-state index contributed by atoms with van der Waals surface area (Å²) in [4.78, 5) is 0. The molecule has 0 aliphatic rings. The van der Waals surface area contributed by atoms with Crippen molar-refractivity contribution < 1.29 is 4.74 Å². The van der Waals surface area contributed by atoms with Gasteiger partial charge in [-0.3, -0.25) is 0 Å². The van der Waals surface area contributed by atoms with Gasteiger partial charge in [-0.15, -0.1) is 0 Å². The summed E-state index contributed by atoms with van der Waals surface area (Å²) in [6.45, 7) is 2.55. The molecule has 4 heteroatoms. The Morgan fingerprint density at radius 3 is 2.14 bits per heavy atom. The average molecular weight is 342 g/mol. The minimum atomic E-state index is -0.349. The maximum absolute atomic E-state index is 5.99. The third kappa shape index (κ3) is 3.54. The number of hydrogen-bond donors (Lipinski definition) is 0. The molecule has 1 aromatic rings. The third-order valence-corrected chi connectivity index (χ3v) is 3.20. The van der Waals surface area contributed by atoms with E-state index >= 15 is 0 Å². The third-order valence-electron chi connectivity index (χ3n) is 1.76. The lowest BCUT2D eigenvalue weighted by Crippen LogP contribution is -1.96. The summed E-state index contributed by atoms with van der Waals surface area (Å²) in [6.07, 6.45) is 0. The van der Waals surface area contributed by atoms with Crippen molar-refractivity contribution in [3.05, 3.63) is 35.4 Å². The lowest BCUT2D eigenvalue weighted by Gasteiger charge is -2.10. The second-order valence-electron chi connectivity index (χ2n) is 2.74. The molecule has 1 aromatic carbocycles. The van der Waals surface area contributed by atoms with Gasteiger partial charge in [-0.05, 0) is 18.1 Å². The Bertz CT molecular complexity index is 274. The molecule has 14 heavy (non-hydrogen) atoms. The van der Waals surface area contributed by atoms with Crippen LogP contribution in [0, 0.1) is 0 Å². The van der Waals surface area contributed by atoms with Crippen LogP contribution < -0.4 is 0 Å². The molecule has 1 atom stereocenters. The van der Waals surface area contributed by atoms with Crippen LogP contribution in [-0.4, -0.2) is 6.61 Å². The van der Waals surface area contributed by atoms with Gasteiger partial charge in [0.15, 0.2) is 5.56 Å². The van der Waals surface area contributed by atoms with Crippen LogP contribution in [0.25, 0.3) is 0 Å². The van der Waals surface area contributed by atoms with Crippen molar-refractivity contribution >= 4 is 43.5 Å². The van der Waals surface area contributed by atoms with E-state index in [1.54, 1.807) is 0 Å². The SMILES string of the molecule is CCOC(Cl)c1ccc(C(Br)Br)cc1. The number of halogens is 3. The maximum Gasteiger partial charge on any atom is 0.156 e. The van der Waals surface area contributed by atoms with Crippen molar-refractivity contribution in [2.45, 2.75) is 16.2 Å². The largest absolute Gasteiger partial charge is 0.359 e. The molecule has 0 N–H and O–H groups in total. The van der Waals surface area contributed by atoms with Gasteiger partial charge in [0.1, 0.15) is 0 Å². The Morgan fingerprint density at radius 2 is 1.71 bits per heavy atom. The Balaban J connectivity index is 2.72. The Labute approximate surface area is 106 Å². The highest BCUT2D eigenvalue weighted by Gasteiger charge is 2.08. The van der Waals surface area contributed by atoms with Crippen LogP contribution in [0.1, 0.15) is 27.4 Å². The van der Waals surface area contributed by atoms with Gasteiger partial charge in [0.25, 0.3) is 0 Å². The number of rotatable bonds is 4. The molecule has 0 amide bonds. The molecule has 0 spiro atoms. The van der Waals surface area contributed by atoms with E-state index in [2.05, 4.69) is 31.9 Å². The predicted molar refractivity (Wildman–Crippen MR) is 67.3 cm³/mol. The number of benzene rings is 1. The first-order valence-electron chi connectivity index (χ1n) is 4.28. The zero-order valence-corrected chi connectivity index (χ0v) is 11.6. The van der Waals surface area contributed by atoms with Crippen molar-refractivity contribution in [1.82, 2.24) is 0 Å². The topological polar surface area (TPSA) is 9.23 Å². The summed E-state index contributed by atoms with van der Waals surface area (Å²) < 4.78 is 5.46. The Kier molecular flexibility index (Phi) is 5.45. The Hall–Kier alpha value is 0.430. The molecule has 78 valence electrons. The molecule has 0 radical (unpaired) electrons. The summed E-state index contributed by atoms with van der Waals surface area (Å²) in [5.41, 5.74) is 1.80. The van der Waals surface area contributed by atoms with Crippen LogP contribution in [0.4, 0.5) is 0 Å². The fraction of sp³-hybridized carbons (Fsp3) is 0.400. The summed E-state index contributed by atoms with van der Waals surface area (Å²) in [6, 6.07) is 7.96. The molecule has 0 aliphatic carbocycles. The standard InChI is InChI=1S/C10H11Br2ClO/c1-2-14-10(13)8-5-3-7(4-6-8)9(11)12/h3-6,9-10H,2H2,1H3. The van der Waals surface area contributed by atoms with Crippen molar-refractivity contribution in [3.8, 4) is 0 Å². The molecule has 0 aromatic heterocycles. The first kappa shape index (κ1) is 12.5. The monoisotopic (exact) mass is 340 g/mol. The molecule has 1 rings (SSSR count). The highest BCUT2D eigenvalue weighted by atomic mass is 79.9. The number of ether oxygens (including phenoxy) is 1. The maximum atomic E-state index is 5.99. The van der Waals surface area contributed by atoms with Crippen molar-refractivity contribution in [3.63, 3.8) is 0 Å². The van der Waals surface area contributed by atoms with Gasteiger partial charge in [0.05, 0.1) is 3.74 Å². The van der Waals surface area contributed by atoms with Crippen molar-refractivity contribution in [1.29, 1.82) is 0 Å². The molecular formula is C10H11Br2ClO. The van der Waals surface area contributed by atoms with Crippen LogP contribution in [0.3, 0.4) is 0 Å². The normalized spacial score (nSPS) is 13.2. The van der Waals surface area contributed by atoms with Crippen molar-refractivity contribution in [2.75, 3.05) is 6.61 Å². The molecule has 1 nitrogen and oxygen atoms in total. The van der Waals surface area contributed by atoms with Crippen LogP contribution in [0.2, 0.25) is 0 Å². The molecular weight excluding hydrogens is 331 g/mol. The fourth-order valence-electron chi connectivity index (χ4n) is 1.04. The summed E-state index contributed by atoms with van der Waals surface area (Å²) >= 11 is 12.8. The molecule has 0 saturated carbocycles. The van der Waals surface area contributed by atoms with E-state index in [1.807, 2.05) is 31.2 Å². The smallest absolute Gasteiger partial charge is 0.156 e. The average Bonchev–Trinajstić information content (AvgIpc) is 2.18. The lowest BCUT2D eigenvalue weighted by atomic mass is 10.2. The quantitative estimate of drug-likeness (QED) is 0.718. The van der Waals surface area contributed by atoms with Gasteiger partial charge in [0, 0.05) is 6.61 Å². The molecule has 0 heterocycles. The summed E-state index contributed by atoms with van der Waals surface area (Å²) in [5, 5.41) is 0. The molecule has 0 aliphatic heterocycles. The molecule has 0 fully saturated rings. The second kappa shape index (κ2) is 6.11. The van der Waals surface area contributed by atoms with Gasteiger partial charge >= 0.3 is 0 Å². The van der Waals surface area contributed by atoms with E-state index in [-0.39, 0.29) is 9.30 Å². The zero-order valence-electron chi connectivity index (χ0n) is 7.71. The molecule has 0 bridgehead atoms. The molecule has 0 saturated heterocycles. The first-order valence-corrected chi connectivity index (χ1v) is 6.55. The van der Waals surface area contributed by atoms with Crippen LogP contribution >= 0.6 is 43.5 Å². The minimum absolute atomic E-state index is 0.185. The minimum Gasteiger partial charge on any atom is -0.359 e. The number of hydrogen-bond acceptors (Lipinski definition) is 1. The highest BCUT2D eigenvalue weighted by molar-refractivity contribution is 9.24. The van der Waals surface area contributed by atoms with Gasteiger partial charge in [0.2, 0.25) is 0 Å². The van der Waals surface area contributed by atoms with Gasteiger partial charge in [-0.25, -0.2) is 0 Å². The lowest BCUT2D eigenvalue weighted by molar-refractivity contribution is 0.121. The predicted octanol–water partition coefficient (Wildman–Crippen LogP) is 4.75. The highest BCUT2D eigenvalue weighted by Crippen LogP contribution is 2.30. The van der Waals surface area contributed by atoms with Gasteiger partial charge in [-0.1, -0.05) is 67.7 Å². The van der Waals surface area contributed by atoms with E-state index in [0.29, 0.717) is 6.61 Å². The van der Waals surface area contributed by atoms with Crippen LogP contribution in [-0.2, 0) is 4.74 Å². The van der Waals surface area contributed by atoms with E-state index in [1.165, 1.54) is 0 Å². The summed E-state index contributed by atoms with van der Waals surface area (Å²) in [7, 11) is 0. The second-order valence-corrected chi connectivity index (χ2v) is 6.20. The molecule has 1 unspecified atom stereocenters.